The maximum Gasteiger partial charge on any atom is 0.414 e. The molecular formula is C29H41FN6O4. The smallest absolute Gasteiger partial charge is 0.414 e. The van der Waals surface area contributed by atoms with E-state index < -0.39 is 6.09 Å². The van der Waals surface area contributed by atoms with Gasteiger partial charge in [-0.1, -0.05) is 12.1 Å². The molecule has 0 aromatic heterocycles. The van der Waals surface area contributed by atoms with Crippen LogP contribution in [0.25, 0.3) is 0 Å². The molecule has 2 aromatic carbocycles. The maximum absolute atomic E-state index is 14.4. The van der Waals surface area contributed by atoms with Gasteiger partial charge in [-0.2, -0.15) is 0 Å². The molecule has 2 fully saturated rings. The summed E-state index contributed by atoms with van der Waals surface area (Å²) in [6.45, 7) is 4.44. The van der Waals surface area contributed by atoms with Gasteiger partial charge in [0.15, 0.2) is 0 Å². The number of benzene rings is 2. The molecule has 0 unspecified atom stereocenters. The number of nitrogens with zero attached hydrogens (tertiary/aromatic N) is 4. The Hall–Kier alpha value is -3.54. The minimum absolute atomic E-state index is 0.0197. The van der Waals surface area contributed by atoms with Gasteiger partial charge in [0.1, 0.15) is 18.2 Å². The number of amides is 2. The summed E-state index contributed by atoms with van der Waals surface area (Å²) in [7, 11) is 5.77. The SMILES string of the molecule is CN(C)CC(=O)Nc1ccc(CCCC=O)cc1.CN1CCN(c2ccc(N3C[C@H](CN)OC3=O)cc2F)CC1. The Kier molecular flexibility index (Phi) is 11.9. The number of hydrogen-bond donors (Lipinski definition) is 2. The first-order chi connectivity index (χ1) is 19.2. The third-order valence-corrected chi connectivity index (χ3v) is 6.71. The van der Waals surface area contributed by atoms with Gasteiger partial charge >= 0.3 is 6.09 Å². The van der Waals surface area contributed by atoms with Crippen LogP contribution in [0.1, 0.15) is 18.4 Å². The molecular weight excluding hydrogens is 515 g/mol. The highest BCUT2D eigenvalue weighted by Crippen LogP contribution is 2.28. The molecule has 4 rings (SSSR count). The van der Waals surface area contributed by atoms with Crippen LogP contribution in [0, 0.1) is 5.82 Å². The van der Waals surface area contributed by atoms with Crippen molar-refractivity contribution in [3.05, 3.63) is 53.8 Å². The van der Waals surface area contributed by atoms with Crippen molar-refractivity contribution in [2.75, 3.05) is 82.1 Å². The lowest BCUT2D eigenvalue weighted by Gasteiger charge is -2.34. The van der Waals surface area contributed by atoms with E-state index in [0.29, 0.717) is 30.9 Å². The number of aldehydes is 1. The molecule has 218 valence electrons. The summed E-state index contributed by atoms with van der Waals surface area (Å²) in [6.07, 6.45) is 2.51. The van der Waals surface area contributed by atoms with Crippen molar-refractivity contribution in [2.24, 2.45) is 5.73 Å². The predicted octanol–water partition coefficient (Wildman–Crippen LogP) is 2.57. The largest absolute Gasteiger partial charge is 0.443 e. The summed E-state index contributed by atoms with van der Waals surface area (Å²) in [5, 5.41) is 2.83. The van der Waals surface area contributed by atoms with E-state index in [9.17, 15) is 18.8 Å². The molecule has 0 saturated carbocycles. The number of likely N-dealkylation sites (N-methyl/N-ethyl adjacent to an activating group) is 2. The lowest BCUT2D eigenvalue weighted by Crippen LogP contribution is -2.44. The highest BCUT2D eigenvalue weighted by Gasteiger charge is 2.32. The number of aryl methyl sites for hydroxylation is 1. The number of unbranched alkanes of at least 4 members (excludes halogenated alkanes) is 1. The van der Waals surface area contributed by atoms with Gasteiger partial charge in [-0.3, -0.25) is 9.69 Å². The van der Waals surface area contributed by atoms with Gasteiger partial charge in [0.25, 0.3) is 0 Å². The second kappa shape index (κ2) is 15.3. The van der Waals surface area contributed by atoms with E-state index in [1.54, 1.807) is 12.1 Å². The number of nitrogens with one attached hydrogen (secondary N) is 1. The average Bonchev–Trinajstić information content (AvgIpc) is 3.31. The van der Waals surface area contributed by atoms with Gasteiger partial charge in [0, 0.05) is 44.8 Å². The van der Waals surface area contributed by atoms with Gasteiger partial charge in [-0.25, -0.2) is 9.18 Å². The molecule has 10 nitrogen and oxygen atoms in total. The Bertz CT molecular complexity index is 1120. The number of nitrogens with two attached hydrogens (primary N) is 1. The Balaban J connectivity index is 0.000000226. The van der Waals surface area contributed by atoms with Gasteiger partial charge < -0.3 is 35.3 Å². The third kappa shape index (κ3) is 9.29. The van der Waals surface area contributed by atoms with E-state index in [1.165, 1.54) is 16.5 Å². The van der Waals surface area contributed by atoms with Crippen LogP contribution in [0.4, 0.5) is 26.2 Å². The zero-order valence-electron chi connectivity index (χ0n) is 23.6. The van der Waals surface area contributed by atoms with Crippen LogP contribution in [0.2, 0.25) is 0 Å². The molecule has 2 aliphatic heterocycles. The highest BCUT2D eigenvalue weighted by molar-refractivity contribution is 5.92. The average molecular weight is 557 g/mol. The van der Waals surface area contributed by atoms with Crippen molar-refractivity contribution in [2.45, 2.75) is 25.4 Å². The topological polar surface area (TPSA) is 111 Å². The van der Waals surface area contributed by atoms with Crippen LogP contribution >= 0.6 is 0 Å². The third-order valence-electron chi connectivity index (χ3n) is 6.71. The van der Waals surface area contributed by atoms with Crippen molar-refractivity contribution in [1.29, 1.82) is 0 Å². The number of anilines is 3. The predicted molar refractivity (Wildman–Crippen MR) is 155 cm³/mol. The molecule has 0 spiro atoms. The van der Waals surface area contributed by atoms with Crippen LogP contribution in [-0.4, -0.2) is 101 Å². The van der Waals surface area contributed by atoms with Crippen LogP contribution < -0.4 is 20.9 Å². The summed E-state index contributed by atoms with van der Waals surface area (Å²) >= 11 is 0. The standard InChI is InChI=1S/C15H21FN4O2.C14H20N2O2/c1-18-4-6-19(7-5-18)14-3-2-11(8-13(14)16)20-10-12(9-17)22-15(20)21;1-16(2)11-14(18)15-13-8-6-12(7-9-13)5-3-4-10-17/h2-3,8,12H,4-7,9-10,17H2,1H3;6-10H,3-5,11H2,1-2H3,(H,15,18)/t12-;/m0./s1. The number of halogens is 1. The molecule has 40 heavy (non-hydrogen) atoms. The fraction of sp³-hybridized carbons (Fsp3) is 0.483. The van der Waals surface area contributed by atoms with Gasteiger partial charge in [-0.15, -0.1) is 0 Å². The monoisotopic (exact) mass is 556 g/mol. The first-order valence-corrected chi connectivity index (χ1v) is 13.6. The van der Waals surface area contributed by atoms with Crippen LogP contribution in [0.5, 0.6) is 0 Å². The molecule has 11 heteroatoms. The molecule has 2 amide bonds. The molecule has 2 aliphatic rings. The first-order valence-electron chi connectivity index (χ1n) is 13.6. The summed E-state index contributed by atoms with van der Waals surface area (Å²) in [5.74, 6) is -0.334. The number of piperazine rings is 1. The minimum atomic E-state index is -0.470. The Labute approximate surface area is 235 Å². The number of ether oxygens (including phenoxy) is 1. The zero-order chi connectivity index (χ0) is 29.1. The normalized spacial score (nSPS) is 17.4. The van der Waals surface area contributed by atoms with E-state index in [-0.39, 0.29) is 24.4 Å². The van der Waals surface area contributed by atoms with E-state index in [4.69, 9.17) is 10.5 Å². The maximum atomic E-state index is 14.4. The molecule has 0 radical (unpaired) electrons. The number of carbonyl (C=O) groups excluding carboxylic acids is 3. The quantitative estimate of drug-likeness (QED) is 0.339. The number of hydrogen-bond acceptors (Lipinski definition) is 8. The fourth-order valence-corrected chi connectivity index (χ4v) is 4.45. The van der Waals surface area contributed by atoms with Gasteiger partial charge in [0.05, 0.1) is 24.5 Å². The van der Waals surface area contributed by atoms with Crippen molar-refractivity contribution < 1.29 is 23.5 Å². The van der Waals surface area contributed by atoms with Crippen molar-refractivity contribution in [3.8, 4) is 0 Å². The van der Waals surface area contributed by atoms with Crippen LogP contribution in [0.15, 0.2) is 42.5 Å². The molecule has 3 N–H and O–H groups in total. The number of cyclic esters (lactones) is 1. The summed E-state index contributed by atoms with van der Waals surface area (Å²) in [6, 6.07) is 12.6. The minimum Gasteiger partial charge on any atom is -0.443 e. The van der Waals surface area contributed by atoms with Crippen LogP contribution in [0.3, 0.4) is 0 Å². The van der Waals surface area contributed by atoms with E-state index in [2.05, 4.69) is 17.3 Å². The summed E-state index contributed by atoms with van der Waals surface area (Å²) < 4.78 is 19.5. The van der Waals surface area contributed by atoms with Crippen molar-refractivity contribution in [1.82, 2.24) is 9.80 Å². The number of carbonyl (C=O) groups is 3. The Morgan fingerprint density at radius 2 is 1.85 bits per heavy atom. The molecule has 0 aliphatic carbocycles. The second-order valence-corrected chi connectivity index (χ2v) is 10.3. The van der Waals surface area contributed by atoms with Crippen LogP contribution in [-0.2, 0) is 20.7 Å². The Morgan fingerprint density at radius 1 is 1.15 bits per heavy atom. The molecule has 0 bridgehead atoms. The summed E-state index contributed by atoms with van der Waals surface area (Å²) in [4.78, 5) is 41.0. The van der Waals surface area contributed by atoms with Gasteiger partial charge in [0.2, 0.25) is 5.91 Å². The molecule has 1 atom stereocenters. The van der Waals surface area contributed by atoms with E-state index in [0.717, 1.165) is 51.0 Å². The zero-order valence-corrected chi connectivity index (χ0v) is 23.6. The van der Waals surface area contributed by atoms with E-state index in [1.807, 2.05) is 48.2 Å². The fourth-order valence-electron chi connectivity index (χ4n) is 4.45. The van der Waals surface area contributed by atoms with Crippen molar-refractivity contribution >= 4 is 35.3 Å². The molecule has 2 saturated heterocycles. The molecule has 2 aromatic rings. The lowest BCUT2D eigenvalue weighted by molar-refractivity contribution is -0.116. The molecule has 2 heterocycles. The summed E-state index contributed by atoms with van der Waals surface area (Å²) in [5.41, 5.74) is 8.59. The second-order valence-electron chi connectivity index (χ2n) is 10.3. The van der Waals surface area contributed by atoms with E-state index >= 15 is 0 Å². The number of rotatable bonds is 10. The first kappa shape index (κ1) is 31.0. The lowest BCUT2D eigenvalue weighted by atomic mass is 10.1. The Morgan fingerprint density at radius 3 is 2.42 bits per heavy atom. The van der Waals surface area contributed by atoms with Gasteiger partial charge in [-0.05, 0) is 69.9 Å². The van der Waals surface area contributed by atoms with Crippen molar-refractivity contribution in [3.63, 3.8) is 0 Å². The highest BCUT2D eigenvalue weighted by atomic mass is 19.1.